The Morgan fingerprint density at radius 1 is 1.45 bits per heavy atom. The van der Waals surface area contributed by atoms with E-state index in [4.69, 9.17) is 9.47 Å². The van der Waals surface area contributed by atoms with E-state index in [9.17, 15) is 5.11 Å². The monoisotopic (exact) mass is 278 g/mol. The Labute approximate surface area is 121 Å². The van der Waals surface area contributed by atoms with E-state index in [2.05, 4.69) is 20.8 Å². The lowest BCUT2D eigenvalue weighted by atomic mass is 9.80. The molecule has 3 nitrogen and oxygen atoms in total. The average molecular weight is 278 g/mol. The maximum Gasteiger partial charge on any atom is 0.129 e. The molecule has 20 heavy (non-hydrogen) atoms. The summed E-state index contributed by atoms with van der Waals surface area (Å²) < 4.78 is 11.6. The zero-order chi connectivity index (χ0) is 14.8. The molecule has 1 aromatic rings. The molecule has 2 rings (SSSR count). The van der Waals surface area contributed by atoms with Gasteiger partial charge < -0.3 is 14.6 Å². The van der Waals surface area contributed by atoms with Crippen molar-refractivity contribution < 1.29 is 14.6 Å². The summed E-state index contributed by atoms with van der Waals surface area (Å²) in [6.45, 7) is 6.58. The number of fused-ring (bicyclic) bond motifs is 1. The van der Waals surface area contributed by atoms with E-state index in [1.165, 1.54) is 0 Å². The van der Waals surface area contributed by atoms with Gasteiger partial charge in [-0.05, 0) is 30.9 Å². The molecule has 0 aromatic heterocycles. The summed E-state index contributed by atoms with van der Waals surface area (Å²) in [5, 5.41) is 10.5. The van der Waals surface area contributed by atoms with Gasteiger partial charge in [-0.2, -0.15) is 0 Å². The van der Waals surface area contributed by atoms with Gasteiger partial charge >= 0.3 is 0 Å². The molecule has 1 heterocycles. The van der Waals surface area contributed by atoms with E-state index in [0.717, 1.165) is 36.3 Å². The molecular weight excluding hydrogens is 252 g/mol. The Morgan fingerprint density at radius 2 is 2.20 bits per heavy atom. The van der Waals surface area contributed by atoms with Crippen LogP contribution in [0.5, 0.6) is 11.5 Å². The Bertz CT molecular complexity index is 458. The zero-order valence-electron chi connectivity index (χ0n) is 13.0. The highest BCUT2D eigenvalue weighted by atomic mass is 16.5. The maximum absolute atomic E-state index is 10.5. The first kappa shape index (κ1) is 15.2. The minimum absolute atomic E-state index is 0.256. The first-order chi connectivity index (χ1) is 9.53. The summed E-state index contributed by atoms with van der Waals surface area (Å²) >= 11 is 0. The molecule has 3 heteroatoms. The minimum Gasteiger partial charge on any atom is -0.497 e. The molecule has 3 atom stereocenters. The second kappa shape index (κ2) is 6.04. The van der Waals surface area contributed by atoms with Crippen LogP contribution in [0.3, 0.4) is 0 Å². The minimum atomic E-state index is -0.450. The largest absolute Gasteiger partial charge is 0.497 e. The van der Waals surface area contributed by atoms with Crippen LogP contribution in [-0.4, -0.2) is 17.8 Å². The van der Waals surface area contributed by atoms with Gasteiger partial charge in [-0.15, -0.1) is 0 Å². The van der Waals surface area contributed by atoms with Crippen molar-refractivity contribution in [1.29, 1.82) is 0 Å². The molecule has 3 unspecified atom stereocenters. The highest BCUT2D eigenvalue weighted by Gasteiger charge is 2.40. The number of benzene rings is 1. The second-order valence-corrected chi connectivity index (χ2v) is 5.98. The summed E-state index contributed by atoms with van der Waals surface area (Å²) in [4.78, 5) is 0. The van der Waals surface area contributed by atoms with Crippen LogP contribution in [0.2, 0.25) is 0 Å². The fourth-order valence-electron chi connectivity index (χ4n) is 3.01. The van der Waals surface area contributed by atoms with Gasteiger partial charge in [0.1, 0.15) is 17.1 Å². The van der Waals surface area contributed by atoms with Crippen LogP contribution >= 0.6 is 0 Å². The van der Waals surface area contributed by atoms with Crippen LogP contribution in [0.25, 0.3) is 0 Å². The van der Waals surface area contributed by atoms with E-state index >= 15 is 0 Å². The summed E-state index contributed by atoms with van der Waals surface area (Å²) in [6, 6.07) is 5.67. The zero-order valence-corrected chi connectivity index (χ0v) is 13.0. The molecule has 0 saturated heterocycles. The quantitative estimate of drug-likeness (QED) is 0.881. The number of methoxy groups -OCH3 is 1. The van der Waals surface area contributed by atoms with Gasteiger partial charge in [0.05, 0.1) is 13.2 Å². The Kier molecular flexibility index (Phi) is 4.59. The fraction of sp³-hybridized carbons (Fsp3) is 0.647. The smallest absolute Gasteiger partial charge is 0.129 e. The molecular formula is C17H26O3. The Balaban J connectivity index is 2.31. The molecule has 1 aliphatic rings. The van der Waals surface area contributed by atoms with Gasteiger partial charge in [0, 0.05) is 18.1 Å². The van der Waals surface area contributed by atoms with Crippen molar-refractivity contribution in [2.75, 3.05) is 7.11 Å². The normalized spacial score (nSPS) is 26.6. The van der Waals surface area contributed by atoms with Crippen molar-refractivity contribution in [3.05, 3.63) is 23.8 Å². The van der Waals surface area contributed by atoms with Crippen LogP contribution in [0.1, 0.15) is 58.1 Å². The van der Waals surface area contributed by atoms with Crippen LogP contribution in [0, 0.1) is 5.92 Å². The molecule has 0 radical (unpaired) electrons. The van der Waals surface area contributed by atoms with E-state index < -0.39 is 6.10 Å². The predicted molar refractivity (Wildman–Crippen MR) is 80.3 cm³/mol. The summed E-state index contributed by atoms with van der Waals surface area (Å²) in [5.41, 5.74) is 0.618. The highest BCUT2D eigenvalue weighted by Crippen LogP contribution is 2.45. The van der Waals surface area contributed by atoms with Gasteiger partial charge in [-0.3, -0.25) is 0 Å². The standard InChI is InChI=1S/C17H26O3/c1-5-12(3)10-17(6-2)11-15(18)14-8-7-13(19-4)9-16(14)20-17/h7-9,12,15,18H,5-6,10-11H2,1-4H3. The van der Waals surface area contributed by atoms with Gasteiger partial charge in [-0.1, -0.05) is 27.2 Å². The lowest BCUT2D eigenvalue weighted by molar-refractivity contribution is -0.0320. The number of ether oxygens (including phenoxy) is 2. The first-order valence-corrected chi connectivity index (χ1v) is 7.58. The predicted octanol–water partition coefficient (Wildman–Crippen LogP) is 4.10. The molecule has 0 fully saturated rings. The Hall–Kier alpha value is -1.22. The second-order valence-electron chi connectivity index (χ2n) is 5.98. The third-order valence-electron chi connectivity index (χ3n) is 4.53. The summed E-state index contributed by atoms with van der Waals surface area (Å²) in [7, 11) is 1.65. The van der Waals surface area contributed by atoms with Crippen LogP contribution in [-0.2, 0) is 0 Å². The topological polar surface area (TPSA) is 38.7 Å². The van der Waals surface area contributed by atoms with E-state index in [1.807, 2.05) is 18.2 Å². The van der Waals surface area contributed by atoms with Gasteiger partial charge in [0.2, 0.25) is 0 Å². The molecule has 0 spiro atoms. The van der Waals surface area contributed by atoms with Crippen molar-refractivity contribution in [2.24, 2.45) is 5.92 Å². The Morgan fingerprint density at radius 3 is 2.80 bits per heavy atom. The molecule has 1 aliphatic heterocycles. The first-order valence-electron chi connectivity index (χ1n) is 7.58. The number of aliphatic hydroxyl groups excluding tert-OH is 1. The van der Waals surface area contributed by atoms with Crippen molar-refractivity contribution in [1.82, 2.24) is 0 Å². The number of aliphatic hydroxyl groups is 1. The van der Waals surface area contributed by atoms with Crippen LogP contribution < -0.4 is 9.47 Å². The van der Waals surface area contributed by atoms with Crippen LogP contribution in [0.15, 0.2) is 18.2 Å². The lowest BCUT2D eigenvalue weighted by Crippen LogP contribution is -2.42. The van der Waals surface area contributed by atoms with Crippen molar-refractivity contribution >= 4 is 0 Å². The van der Waals surface area contributed by atoms with E-state index in [1.54, 1.807) is 7.11 Å². The number of rotatable bonds is 5. The van der Waals surface area contributed by atoms with Crippen molar-refractivity contribution in [3.8, 4) is 11.5 Å². The highest BCUT2D eigenvalue weighted by molar-refractivity contribution is 5.44. The number of hydrogen-bond donors (Lipinski definition) is 1. The van der Waals surface area contributed by atoms with Crippen molar-refractivity contribution in [2.45, 2.75) is 58.2 Å². The third-order valence-corrected chi connectivity index (χ3v) is 4.53. The molecule has 0 aliphatic carbocycles. The SMILES string of the molecule is CCC(C)CC1(CC)CC(O)c2ccc(OC)cc2O1. The number of hydrogen-bond acceptors (Lipinski definition) is 3. The molecule has 112 valence electrons. The van der Waals surface area contributed by atoms with Gasteiger partial charge in [-0.25, -0.2) is 0 Å². The van der Waals surface area contributed by atoms with Crippen LogP contribution in [0.4, 0.5) is 0 Å². The molecule has 0 bridgehead atoms. The molecule has 1 aromatic carbocycles. The summed E-state index contributed by atoms with van der Waals surface area (Å²) in [5.74, 6) is 2.13. The third kappa shape index (κ3) is 2.93. The van der Waals surface area contributed by atoms with E-state index in [-0.39, 0.29) is 5.60 Å². The van der Waals surface area contributed by atoms with Crippen molar-refractivity contribution in [3.63, 3.8) is 0 Å². The average Bonchev–Trinajstić information content (AvgIpc) is 2.46. The van der Waals surface area contributed by atoms with Gasteiger partial charge in [0.25, 0.3) is 0 Å². The molecule has 1 N–H and O–H groups in total. The summed E-state index contributed by atoms with van der Waals surface area (Å²) in [6.07, 6.45) is 3.24. The lowest BCUT2D eigenvalue weighted by Gasteiger charge is -2.42. The molecule has 0 saturated carbocycles. The molecule has 0 amide bonds. The maximum atomic E-state index is 10.5. The van der Waals surface area contributed by atoms with Gasteiger partial charge in [0.15, 0.2) is 0 Å². The van der Waals surface area contributed by atoms with E-state index in [0.29, 0.717) is 12.3 Å². The fourth-order valence-corrected chi connectivity index (χ4v) is 3.01.